The van der Waals surface area contributed by atoms with Crippen LogP contribution < -0.4 is 9.64 Å². The Morgan fingerprint density at radius 1 is 1.06 bits per heavy atom. The fourth-order valence-electron chi connectivity index (χ4n) is 3.80. The van der Waals surface area contributed by atoms with E-state index < -0.39 is 23.8 Å². The molecule has 166 valence electrons. The largest absolute Gasteiger partial charge is 0.573 e. The van der Waals surface area contributed by atoms with E-state index in [1.165, 1.54) is 24.0 Å². The standard InChI is InChI=1S/C23H20F3N3O3/c1-14-12-16(8-9-19(14)32-23(24,25)26)29-20(30)22(2,3)28(21(29)31)13-15-10-11-27-18-7-5-4-6-17(15)18/h4-12H,13H2,1-3H3. The zero-order valence-corrected chi connectivity index (χ0v) is 17.6. The average Bonchev–Trinajstić information content (AvgIpc) is 2.88. The van der Waals surface area contributed by atoms with E-state index in [0.29, 0.717) is 0 Å². The first-order valence-corrected chi connectivity index (χ1v) is 9.84. The molecular formula is C23H20F3N3O3. The van der Waals surface area contributed by atoms with Crippen molar-refractivity contribution in [2.24, 2.45) is 0 Å². The third-order valence-electron chi connectivity index (χ3n) is 5.53. The first-order valence-electron chi connectivity index (χ1n) is 9.84. The minimum absolute atomic E-state index is 0.150. The lowest BCUT2D eigenvalue weighted by Gasteiger charge is -2.28. The molecule has 1 aliphatic heterocycles. The zero-order chi connectivity index (χ0) is 23.3. The third kappa shape index (κ3) is 3.74. The summed E-state index contributed by atoms with van der Waals surface area (Å²) >= 11 is 0. The molecule has 6 nitrogen and oxygen atoms in total. The number of nitrogens with zero attached hydrogens (tertiary/aromatic N) is 3. The molecule has 3 aromatic rings. The van der Waals surface area contributed by atoms with Gasteiger partial charge < -0.3 is 9.64 Å². The maximum absolute atomic E-state index is 13.3. The minimum Gasteiger partial charge on any atom is -0.406 e. The van der Waals surface area contributed by atoms with Gasteiger partial charge in [-0.05, 0) is 62.2 Å². The molecule has 1 fully saturated rings. The molecule has 0 saturated carbocycles. The van der Waals surface area contributed by atoms with Crippen LogP contribution in [0.15, 0.2) is 54.7 Å². The monoisotopic (exact) mass is 443 g/mol. The summed E-state index contributed by atoms with van der Waals surface area (Å²) < 4.78 is 41.7. The number of anilines is 1. The summed E-state index contributed by atoms with van der Waals surface area (Å²) in [4.78, 5) is 33.2. The van der Waals surface area contributed by atoms with E-state index in [4.69, 9.17) is 0 Å². The predicted molar refractivity (Wildman–Crippen MR) is 112 cm³/mol. The number of carbonyl (C=O) groups is 2. The van der Waals surface area contributed by atoms with Crippen LogP contribution in [0, 0.1) is 6.92 Å². The van der Waals surface area contributed by atoms with Crippen LogP contribution >= 0.6 is 0 Å². The number of ether oxygens (including phenoxy) is 1. The van der Waals surface area contributed by atoms with Crippen molar-refractivity contribution in [3.8, 4) is 5.75 Å². The quantitative estimate of drug-likeness (QED) is 0.521. The number of pyridine rings is 1. The molecule has 4 rings (SSSR count). The van der Waals surface area contributed by atoms with E-state index in [1.807, 2.05) is 24.3 Å². The highest BCUT2D eigenvalue weighted by Gasteiger charge is 2.52. The van der Waals surface area contributed by atoms with Gasteiger partial charge in [0.05, 0.1) is 11.2 Å². The molecule has 9 heteroatoms. The fourth-order valence-corrected chi connectivity index (χ4v) is 3.80. The molecule has 1 aromatic heterocycles. The Labute approximate surface area is 182 Å². The molecule has 1 aliphatic rings. The summed E-state index contributed by atoms with van der Waals surface area (Å²) in [6.07, 6.45) is -3.19. The Balaban J connectivity index is 1.67. The molecular weight excluding hydrogens is 423 g/mol. The first kappa shape index (κ1) is 21.6. The number of para-hydroxylation sites is 1. The van der Waals surface area contributed by atoms with Crippen LogP contribution in [0.4, 0.5) is 23.7 Å². The van der Waals surface area contributed by atoms with Crippen molar-refractivity contribution in [3.63, 3.8) is 0 Å². The number of fused-ring (bicyclic) bond motifs is 1. The smallest absolute Gasteiger partial charge is 0.406 e. The zero-order valence-electron chi connectivity index (χ0n) is 17.6. The van der Waals surface area contributed by atoms with Gasteiger partial charge in [0.25, 0.3) is 5.91 Å². The Kier molecular flexibility index (Phi) is 5.07. The topological polar surface area (TPSA) is 62.7 Å². The van der Waals surface area contributed by atoms with Crippen LogP contribution in [0.2, 0.25) is 0 Å². The predicted octanol–water partition coefficient (Wildman–Crippen LogP) is 5.19. The molecule has 0 radical (unpaired) electrons. The molecule has 0 atom stereocenters. The van der Waals surface area contributed by atoms with Gasteiger partial charge in [-0.1, -0.05) is 18.2 Å². The molecule has 0 N–H and O–H groups in total. The molecule has 2 aromatic carbocycles. The Morgan fingerprint density at radius 3 is 2.47 bits per heavy atom. The number of rotatable bonds is 4. The maximum atomic E-state index is 13.3. The van der Waals surface area contributed by atoms with E-state index in [0.717, 1.165) is 27.4 Å². The SMILES string of the molecule is Cc1cc(N2C(=O)N(Cc3ccnc4ccccc34)C(C)(C)C2=O)ccc1OC(F)(F)F. The lowest BCUT2D eigenvalue weighted by molar-refractivity contribution is -0.274. The molecule has 0 unspecified atom stereocenters. The van der Waals surface area contributed by atoms with Crippen molar-refractivity contribution in [2.75, 3.05) is 4.90 Å². The summed E-state index contributed by atoms with van der Waals surface area (Å²) in [6, 6.07) is 12.4. The number of urea groups is 1. The van der Waals surface area contributed by atoms with Gasteiger partial charge in [-0.2, -0.15) is 0 Å². The van der Waals surface area contributed by atoms with E-state index in [9.17, 15) is 22.8 Å². The normalized spacial score (nSPS) is 16.2. The Morgan fingerprint density at radius 2 is 1.78 bits per heavy atom. The van der Waals surface area contributed by atoms with Crippen molar-refractivity contribution in [3.05, 3.63) is 65.9 Å². The van der Waals surface area contributed by atoms with Gasteiger partial charge >= 0.3 is 12.4 Å². The van der Waals surface area contributed by atoms with Gasteiger partial charge in [0.15, 0.2) is 0 Å². The number of hydrogen-bond donors (Lipinski definition) is 0. The van der Waals surface area contributed by atoms with E-state index in [2.05, 4.69) is 9.72 Å². The summed E-state index contributed by atoms with van der Waals surface area (Å²) in [5, 5.41) is 0.869. The van der Waals surface area contributed by atoms with Crippen LogP contribution in [-0.4, -0.2) is 33.7 Å². The van der Waals surface area contributed by atoms with Crippen LogP contribution in [-0.2, 0) is 11.3 Å². The summed E-state index contributed by atoms with van der Waals surface area (Å²) in [7, 11) is 0. The first-order chi connectivity index (χ1) is 15.0. The Bertz CT molecular complexity index is 1220. The summed E-state index contributed by atoms with van der Waals surface area (Å²) in [5.41, 5.74) is 0.778. The lowest BCUT2D eigenvalue weighted by atomic mass is 10.0. The van der Waals surface area contributed by atoms with Crippen molar-refractivity contribution in [1.29, 1.82) is 0 Å². The van der Waals surface area contributed by atoms with Gasteiger partial charge in [0, 0.05) is 18.1 Å². The number of benzene rings is 2. The van der Waals surface area contributed by atoms with E-state index >= 15 is 0 Å². The van der Waals surface area contributed by atoms with Gasteiger partial charge in [-0.25, -0.2) is 9.69 Å². The molecule has 0 spiro atoms. The van der Waals surface area contributed by atoms with Crippen molar-refractivity contribution < 1.29 is 27.5 Å². The molecule has 3 amide bonds. The fraction of sp³-hybridized carbons (Fsp3) is 0.261. The molecule has 2 heterocycles. The second-order valence-corrected chi connectivity index (χ2v) is 8.05. The van der Waals surface area contributed by atoms with Crippen molar-refractivity contribution in [2.45, 2.75) is 39.2 Å². The second kappa shape index (κ2) is 7.51. The number of hydrogen-bond acceptors (Lipinski definition) is 4. The van der Waals surface area contributed by atoms with Gasteiger partial charge in [0.1, 0.15) is 11.3 Å². The van der Waals surface area contributed by atoms with E-state index in [1.54, 1.807) is 26.1 Å². The van der Waals surface area contributed by atoms with Gasteiger partial charge in [-0.3, -0.25) is 9.78 Å². The molecule has 1 saturated heterocycles. The molecule has 0 bridgehead atoms. The van der Waals surface area contributed by atoms with Crippen LogP contribution in [0.3, 0.4) is 0 Å². The third-order valence-corrected chi connectivity index (χ3v) is 5.53. The molecule has 32 heavy (non-hydrogen) atoms. The minimum atomic E-state index is -4.84. The number of alkyl halides is 3. The van der Waals surface area contributed by atoms with Crippen LogP contribution in [0.1, 0.15) is 25.0 Å². The van der Waals surface area contributed by atoms with Gasteiger partial charge in [0.2, 0.25) is 0 Å². The van der Waals surface area contributed by atoms with E-state index in [-0.39, 0.29) is 23.5 Å². The number of aryl methyl sites for hydroxylation is 1. The van der Waals surface area contributed by atoms with Gasteiger partial charge in [-0.15, -0.1) is 13.2 Å². The summed E-state index contributed by atoms with van der Waals surface area (Å²) in [6.45, 7) is 4.88. The highest BCUT2D eigenvalue weighted by molar-refractivity contribution is 6.23. The number of halogens is 3. The second-order valence-electron chi connectivity index (χ2n) is 8.05. The van der Waals surface area contributed by atoms with Crippen molar-refractivity contribution in [1.82, 2.24) is 9.88 Å². The number of amides is 3. The lowest BCUT2D eigenvalue weighted by Crippen LogP contribution is -2.43. The summed E-state index contributed by atoms with van der Waals surface area (Å²) in [5.74, 6) is -0.857. The highest BCUT2D eigenvalue weighted by atomic mass is 19.4. The number of carbonyl (C=O) groups excluding carboxylic acids is 2. The number of imide groups is 1. The molecule has 0 aliphatic carbocycles. The van der Waals surface area contributed by atoms with Crippen LogP contribution in [0.25, 0.3) is 10.9 Å². The van der Waals surface area contributed by atoms with Crippen molar-refractivity contribution >= 4 is 28.5 Å². The Hall–Kier alpha value is -3.62. The highest BCUT2D eigenvalue weighted by Crippen LogP contribution is 2.36. The maximum Gasteiger partial charge on any atom is 0.573 e. The van der Waals surface area contributed by atoms with Crippen LogP contribution in [0.5, 0.6) is 5.75 Å². The number of aromatic nitrogens is 1. The average molecular weight is 443 g/mol.